The van der Waals surface area contributed by atoms with Crippen LogP contribution in [0.25, 0.3) is 0 Å². The second-order valence-corrected chi connectivity index (χ2v) is 6.55. The molecule has 0 bridgehead atoms. The number of benzene rings is 2. The first-order valence-corrected chi connectivity index (χ1v) is 8.30. The van der Waals surface area contributed by atoms with Gasteiger partial charge in [-0.15, -0.1) is 0 Å². The van der Waals surface area contributed by atoms with Gasteiger partial charge in [0.25, 0.3) is 5.91 Å². The van der Waals surface area contributed by atoms with E-state index in [9.17, 15) is 9.90 Å². The number of rotatable bonds is 6. The number of carbonyl (C=O) groups is 1. The number of phenolic OH excluding ortho intramolecular Hbond substituents is 1. The molecule has 0 radical (unpaired) electrons. The molecule has 0 aliphatic carbocycles. The van der Waals surface area contributed by atoms with Crippen LogP contribution in [0.2, 0.25) is 0 Å². The summed E-state index contributed by atoms with van der Waals surface area (Å²) < 4.78 is 6.30. The molecule has 2 rings (SSSR count). The predicted octanol–water partition coefficient (Wildman–Crippen LogP) is 3.95. The van der Waals surface area contributed by atoms with E-state index in [1.807, 2.05) is 24.3 Å². The molecule has 0 saturated heterocycles. The van der Waals surface area contributed by atoms with Crippen molar-refractivity contribution in [1.82, 2.24) is 5.43 Å². The zero-order valence-corrected chi connectivity index (χ0v) is 15.1. The molecular formula is C18H19BrN2O3. The van der Waals surface area contributed by atoms with Crippen LogP contribution >= 0.6 is 15.9 Å². The Bertz CT molecular complexity index is 728. The lowest BCUT2D eigenvalue weighted by Crippen LogP contribution is -2.17. The van der Waals surface area contributed by atoms with Crippen LogP contribution in [0.5, 0.6) is 11.5 Å². The third-order valence-corrected chi connectivity index (χ3v) is 3.54. The Morgan fingerprint density at radius 1 is 1.29 bits per heavy atom. The Labute approximate surface area is 149 Å². The van der Waals surface area contributed by atoms with Gasteiger partial charge in [0.2, 0.25) is 0 Å². The number of hydrogen-bond donors (Lipinski definition) is 2. The molecule has 24 heavy (non-hydrogen) atoms. The fourth-order valence-electron chi connectivity index (χ4n) is 1.83. The first kappa shape index (κ1) is 18.0. The maximum Gasteiger partial charge on any atom is 0.275 e. The summed E-state index contributed by atoms with van der Waals surface area (Å²) in [5.41, 5.74) is 3.37. The molecule has 0 unspecified atom stereocenters. The van der Waals surface area contributed by atoms with Crippen molar-refractivity contribution in [3.8, 4) is 11.5 Å². The van der Waals surface area contributed by atoms with Crippen LogP contribution in [-0.2, 0) is 0 Å². The molecule has 2 N–H and O–H groups in total. The Morgan fingerprint density at radius 3 is 2.67 bits per heavy atom. The minimum Gasteiger partial charge on any atom is -0.507 e. The summed E-state index contributed by atoms with van der Waals surface area (Å²) in [7, 11) is 0. The van der Waals surface area contributed by atoms with Crippen molar-refractivity contribution in [3.63, 3.8) is 0 Å². The van der Waals surface area contributed by atoms with Crippen LogP contribution in [0.15, 0.2) is 52.0 Å². The number of carbonyl (C=O) groups excluding carboxylic acids is 1. The highest BCUT2D eigenvalue weighted by Crippen LogP contribution is 2.21. The van der Waals surface area contributed by atoms with Gasteiger partial charge in [-0.05, 0) is 53.9 Å². The molecule has 0 aliphatic heterocycles. The van der Waals surface area contributed by atoms with E-state index in [-0.39, 0.29) is 11.3 Å². The van der Waals surface area contributed by atoms with E-state index < -0.39 is 5.91 Å². The number of hydrazone groups is 1. The van der Waals surface area contributed by atoms with Crippen LogP contribution in [0.4, 0.5) is 0 Å². The number of halogens is 1. The van der Waals surface area contributed by atoms with Crippen molar-refractivity contribution in [2.45, 2.75) is 13.8 Å². The second kappa shape index (κ2) is 8.49. The van der Waals surface area contributed by atoms with Gasteiger partial charge in [-0.3, -0.25) is 4.79 Å². The lowest BCUT2D eigenvalue weighted by molar-refractivity contribution is 0.0952. The molecule has 0 spiro atoms. The maximum absolute atomic E-state index is 12.0. The zero-order valence-electron chi connectivity index (χ0n) is 13.5. The SMILES string of the molecule is CC(C)COc1ccc(/C=N/NC(=O)c2cc(Br)ccc2O)cc1. The van der Waals surface area contributed by atoms with Gasteiger partial charge in [-0.2, -0.15) is 5.10 Å². The smallest absolute Gasteiger partial charge is 0.275 e. The molecular weight excluding hydrogens is 372 g/mol. The van der Waals surface area contributed by atoms with E-state index in [1.54, 1.807) is 6.07 Å². The summed E-state index contributed by atoms with van der Waals surface area (Å²) >= 11 is 3.26. The van der Waals surface area contributed by atoms with E-state index in [1.165, 1.54) is 18.3 Å². The molecule has 0 aromatic heterocycles. The van der Waals surface area contributed by atoms with Crippen molar-refractivity contribution < 1.29 is 14.6 Å². The average molecular weight is 391 g/mol. The zero-order chi connectivity index (χ0) is 17.5. The average Bonchev–Trinajstić information content (AvgIpc) is 2.56. The van der Waals surface area contributed by atoms with Crippen LogP contribution in [-0.4, -0.2) is 23.8 Å². The van der Waals surface area contributed by atoms with E-state index >= 15 is 0 Å². The van der Waals surface area contributed by atoms with E-state index in [2.05, 4.69) is 40.3 Å². The molecule has 126 valence electrons. The quantitative estimate of drug-likeness (QED) is 0.579. The Hall–Kier alpha value is -2.34. The molecule has 1 amide bonds. The normalized spacial score (nSPS) is 11.0. The highest BCUT2D eigenvalue weighted by Gasteiger charge is 2.10. The fourth-order valence-corrected chi connectivity index (χ4v) is 2.19. The van der Waals surface area contributed by atoms with Crippen LogP contribution < -0.4 is 10.2 Å². The third kappa shape index (κ3) is 5.38. The Morgan fingerprint density at radius 2 is 2.00 bits per heavy atom. The maximum atomic E-state index is 12.0. The summed E-state index contributed by atoms with van der Waals surface area (Å²) in [6.45, 7) is 4.85. The number of hydrogen-bond acceptors (Lipinski definition) is 4. The van der Waals surface area contributed by atoms with E-state index in [0.717, 1.165) is 11.3 Å². The Kier molecular flexibility index (Phi) is 6.37. The lowest BCUT2D eigenvalue weighted by Gasteiger charge is -2.08. The number of ether oxygens (including phenoxy) is 1. The van der Waals surface area contributed by atoms with Gasteiger partial charge in [0.05, 0.1) is 18.4 Å². The molecule has 0 atom stereocenters. The standard InChI is InChI=1S/C18H19BrN2O3/c1-12(2)11-24-15-6-3-13(4-7-15)10-20-21-18(23)16-9-14(19)5-8-17(16)22/h3-10,12,22H,11H2,1-2H3,(H,21,23)/b20-10+. The number of nitrogens with zero attached hydrogens (tertiary/aromatic N) is 1. The molecule has 5 nitrogen and oxygen atoms in total. The summed E-state index contributed by atoms with van der Waals surface area (Å²) in [5.74, 6) is 0.680. The van der Waals surface area contributed by atoms with Gasteiger partial charge in [0, 0.05) is 4.47 Å². The van der Waals surface area contributed by atoms with Crippen LogP contribution in [0, 0.1) is 5.92 Å². The number of nitrogens with one attached hydrogen (secondary N) is 1. The van der Waals surface area contributed by atoms with Crippen LogP contribution in [0.1, 0.15) is 29.8 Å². The van der Waals surface area contributed by atoms with Crippen molar-refractivity contribution >= 4 is 28.1 Å². The number of aromatic hydroxyl groups is 1. The first-order valence-electron chi connectivity index (χ1n) is 7.50. The summed E-state index contributed by atoms with van der Waals surface area (Å²) in [5, 5.41) is 13.6. The first-order chi connectivity index (χ1) is 11.5. The molecule has 0 aliphatic rings. The molecule has 2 aromatic carbocycles. The highest BCUT2D eigenvalue weighted by molar-refractivity contribution is 9.10. The highest BCUT2D eigenvalue weighted by atomic mass is 79.9. The number of amides is 1. The van der Waals surface area contributed by atoms with E-state index in [0.29, 0.717) is 17.0 Å². The number of phenols is 1. The fraction of sp³-hybridized carbons (Fsp3) is 0.222. The van der Waals surface area contributed by atoms with Crippen molar-refractivity contribution in [3.05, 3.63) is 58.1 Å². The minimum atomic E-state index is -0.484. The third-order valence-electron chi connectivity index (χ3n) is 3.05. The summed E-state index contributed by atoms with van der Waals surface area (Å²) in [6.07, 6.45) is 1.53. The minimum absolute atomic E-state index is 0.0995. The van der Waals surface area contributed by atoms with Crippen LogP contribution in [0.3, 0.4) is 0 Å². The van der Waals surface area contributed by atoms with Gasteiger partial charge in [0.1, 0.15) is 11.5 Å². The van der Waals surface area contributed by atoms with Gasteiger partial charge >= 0.3 is 0 Å². The van der Waals surface area contributed by atoms with Crippen molar-refractivity contribution in [1.29, 1.82) is 0 Å². The molecule has 0 saturated carbocycles. The largest absolute Gasteiger partial charge is 0.507 e. The monoisotopic (exact) mass is 390 g/mol. The topological polar surface area (TPSA) is 70.9 Å². The molecule has 2 aromatic rings. The van der Waals surface area contributed by atoms with E-state index in [4.69, 9.17) is 4.74 Å². The summed E-state index contributed by atoms with van der Waals surface area (Å²) in [4.78, 5) is 12.0. The molecule has 0 fully saturated rings. The van der Waals surface area contributed by atoms with Gasteiger partial charge in [-0.1, -0.05) is 29.8 Å². The van der Waals surface area contributed by atoms with Gasteiger partial charge in [0.15, 0.2) is 0 Å². The molecule has 0 heterocycles. The predicted molar refractivity (Wildman–Crippen MR) is 97.6 cm³/mol. The van der Waals surface area contributed by atoms with Gasteiger partial charge < -0.3 is 9.84 Å². The second-order valence-electron chi connectivity index (χ2n) is 5.63. The van der Waals surface area contributed by atoms with Gasteiger partial charge in [-0.25, -0.2) is 5.43 Å². The van der Waals surface area contributed by atoms with Crippen molar-refractivity contribution in [2.24, 2.45) is 11.0 Å². The van der Waals surface area contributed by atoms with Crippen molar-refractivity contribution in [2.75, 3.05) is 6.61 Å². The summed E-state index contributed by atoms with van der Waals surface area (Å²) in [6, 6.07) is 12.0. The Balaban J connectivity index is 1.93. The molecule has 6 heteroatoms. The lowest BCUT2D eigenvalue weighted by atomic mass is 10.2.